The smallest absolute Gasteiger partial charge is 0.381 e. The van der Waals surface area contributed by atoms with Gasteiger partial charge in [-0.2, -0.15) is 18.4 Å². The van der Waals surface area contributed by atoms with Crippen LogP contribution in [-0.2, 0) is 10.9 Å². The summed E-state index contributed by atoms with van der Waals surface area (Å²) in [5.74, 6) is 0. The van der Waals surface area contributed by atoms with Crippen LogP contribution in [0, 0.1) is 11.3 Å². The quantitative estimate of drug-likeness (QED) is 0.901. The third-order valence-corrected chi connectivity index (χ3v) is 4.67. The molecule has 1 saturated carbocycles. The Labute approximate surface area is 137 Å². The number of ether oxygens (including phenoxy) is 1. The lowest BCUT2D eigenvalue weighted by molar-refractivity contribution is -0.137. The van der Waals surface area contributed by atoms with Gasteiger partial charge in [-0.1, -0.05) is 0 Å². The number of anilines is 1. The van der Waals surface area contributed by atoms with E-state index in [1.807, 2.05) is 0 Å². The third kappa shape index (κ3) is 2.80. The molecule has 0 aromatic heterocycles. The van der Waals surface area contributed by atoms with Crippen LogP contribution in [0.3, 0.4) is 0 Å². The molecule has 0 radical (unpaired) electrons. The maximum atomic E-state index is 13.2. The fraction of sp³-hybridized carbons (Fsp3) is 0.500. The zero-order valence-corrected chi connectivity index (χ0v) is 12.9. The Morgan fingerprint density at radius 3 is 2.75 bits per heavy atom. The highest BCUT2D eigenvalue weighted by Gasteiger charge is 2.44. The van der Waals surface area contributed by atoms with Crippen molar-refractivity contribution in [2.45, 2.75) is 43.6 Å². The largest absolute Gasteiger partial charge is 0.417 e. The van der Waals surface area contributed by atoms with Crippen molar-refractivity contribution in [3.05, 3.63) is 29.3 Å². The Balaban J connectivity index is 1.98. The monoisotopic (exact) mass is 339 g/mol. The molecule has 3 atom stereocenters. The Morgan fingerprint density at radius 2 is 2.12 bits per heavy atom. The Hall–Kier alpha value is -2.27. The van der Waals surface area contributed by atoms with Crippen molar-refractivity contribution in [1.29, 1.82) is 5.26 Å². The lowest BCUT2D eigenvalue weighted by Gasteiger charge is -2.34. The number of nitrogens with one attached hydrogen (secondary N) is 1. The number of rotatable bonds is 2. The van der Waals surface area contributed by atoms with Gasteiger partial charge in [-0.15, -0.1) is 0 Å². The topological polar surface area (TPSA) is 65.4 Å². The first-order chi connectivity index (χ1) is 11.3. The van der Waals surface area contributed by atoms with E-state index in [0.29, 0.717) is 12.8 Å². The summed E-state index contributed by atoms with van der Waals surface area (Å²) in [6.45, 7) is 0. The van der Waals surface area contributed by atoms with Crippen molar-refractivity contribution >= 4 is 11.7 Å². The second-order valence-corrected chi connectivity index (χ2v) is 6.00. The van der Waals surface area contributed by atoms with Gasteiger partial charge in [0.05, 0.1) is 35.4 Å². The summed E-state index contributed by atoms with van der Waals surface area (Å²) in [7, 11) is 1.59. The van der Waals surface area contributed by atoms with Gasteiger partial charge in [-0.25, -0.2) is 4.79 Å². The van der Waals surface area contributed by atoms with E-state index in [0.717, 1.165) is 18.6 Å². The summed E-state index contributed by atoms with van der Waals surface area (Å²) in [6.07, 6.45) is -2.61. The normalized spacial score (nSPS) is 26.7. The minimum Gasteiger partial charge on any atom is -0.381 e. The summed E-state index contributed by atoms with van der Waals surface area (Å²) < 4.78 is 44.8. The zero-order valence-electron chi connectivity index (χ0n) is 12.9. The molecule has 1 aromatic carbocycles. The number of carbonyl (C=O) groups is 1. The number of fused-ring (bicyclic) bond motifs is 1. The van der Waals surface area contributed by atoms with Crippen molar-refractivity contribution in [3.8, 4) is 6.07 Å². The van der Waals surface area contributed by atoms with E-state index in [9.17, 15) is 18.0 Å². The highest BCUT2D eigenvalue weighted by molar-refractivity contribution is 5.95. The molecule has 1 aliphatic heterocycles. The van der Waals surface area contributed by atoms with E-state index in [2.05, 4.69) is 5.32 Å². The molecule has 0 spiro atoms. The molecule has 5 nitrogen and oxygen atoms in total. The maximum absolute atomic E-state index is 13.2. The number of carbonyl (C=O) groups excluding carboxylic acids is 1. The summed E-state index contributed by atoms with van der Waals surface area (Å²) in [5, 5.41) is 11.7. The van der Waals surface area contributed by atoms with E-state index < -0.39 is 23.3 Å². The van der Waals surface area contributed by atoms with Gasteiger partial charge in [0.15, 0.2) is 0 Å². The van der Waals surface area contributed by atoms with E-state index >= 15 is 0 Å². The summed E-state index contributed by atoms with van der Waals surface area (Å²) in [5.41, 5.74) is -1.35. The van der Waals surface area contributed by atoms with Crippen molar-refractivity contribution in [2.75, 3.05) is 12.0 Å². The molecular weight excluding hydrogens is 323 g/mol. The molecule has 24 heavy (non-hydrogen) atoms. The van der Waals surface area contributed by atoms with Gasteiger partial charge in [-0.3, -0.25) is 4.90 Å². The number of methoxy groups -OCH3 is 1. The fourth-order valence-electron chi connectivity index (χ4n) is 3.48. The van der Waals surface area contributed by atoms with Crippen molar-refractivity contribution in [1.82, 2.24) is 5.32 Å². The maximum Gasteiger partial charge on any atom is 0.417 e. The van der Waals surface area contributed by atoms with Crippen LogP contribution in [0.1, 0.15) is 30.4 Å². The number of urea groups is 1. The number of nitrogens with zero attached hydrogens (tertiary/aromatic N) is 2. The van der Waals surface area contributed by atoms with Gasteiger partial charge < -0.3 is 10.1 Å². The summed E-state index contributed by atoms with van der Waals surface area (Å²) in [6, 6.07) is 4.13. The van der Waals surface area contributed by atoms with Crippen molar-refractivity contribution < 1.29 is 22.7 Å². The highest BCUT2D eigenvalue weighted by atomic mass is 19.4. The standard InChI is InChI=1S/C16H16F3N3O2/c1-24-11-4-5-13-14(7-11)22(15(23)21-13)10-3-2-9(8-20)12(6-10)16(17,18)19/h2-3,6,11,13-14H,4-5,7H2,1H3,(H,21,23)/t11?,13-,14-/m1/s1. The molecule has 1 unspecified atom stereocenters. The average molecular weight is 339 g/mol. The second kappa shape index (κ2) is 5.98. The lowest BCUT2D eigenvalue weighted by atomic mass is 9.88. The molecule has 2 fully saturated rings. The van der Waals surface area contributed by atoms with Crippen LogP contribution in [0.2, 0.25) is 0 Å². The van der Waals surface area contributed by atoms with Crippen LogP contribution in [0.5, 0.6) is 0 Å². The number of nitriles is 1. The van der Waals surface area contributed by atoms with Gasteiger partial charge in [-0.05, 0) is 37.5 Å². The van der Waals surface area contributed by atoms with Crippen molar-refractivity contribution in [2.24, 2.45) is 0 Å². The van der Waals surface area contributed by atoms with E-state index in [1.165, 1.54) is 11.0 Å². The van der Waals surface area contributed by atoms with E-state index in [4.69, 9.17) is 10.00 Å². The first kappa shape index (κ1) is 16.6. The van der Waals surface area contributed by atoms with Crippen LogP contribution in [0.4, 0.5) is 23.7 Å². The molecule has 128 valence electrons. The highest BCUT2D eigenvalue weighted by Crippen LogP contribution is 2.38. The predicted octanol–water partition coefficient (Wildman–Crippen LogP) is 3.04. The van der Waals surface area contributed by atoms with Gasteiger partial charge in [0.25, 0.3) is 0 Å². The molecule has 0 bridgehead atoms. The summed E-state index contributed by atoms with van der Waals surface area (Å²) >= 11 is 0. The number of hydrogen-bond donors (Lipinski definition) is 1. The van der Waals surface area contributed by atoms with Crippen molar-refractivity contribution in [3.63, 3.8) is 0 Å². The van der Waals surface area contributed by atoms with Crippen LogP contribution >= 0.6 is 0 Å². The van der Waals surface area contributed by atoms with Crippen LogP contribution in [-0.4, -0.2) is 31.3 Å². The molecule has 1 heterocycles. The van der Waals surface area contributed by atoms with E-state index in [1.54, 1.807) is 13.2 Å². The van der Waals surface area contributed by atoms with Gasteiger partial charge >= 0.3 is 12.2 Å². The Morgan fingerprint density at radius 1 is 1.38 bits per heavy atom. The first-order valence-corrected chi connectivity index (χ1v) is 7.59. The predicted molar refractivity (Wildman–Crippen MR) is 79.4 cm³/mol. The van der Waals surface area contributed by atoms with Gasteiger partial charge in [0.2, 0.25) is 0 Å². The molecule has 1 N–H and O–H groups in total. The molecule has 2 aliphatic rings. The number of alkyl halides is 3. The molecule has 3 rings (SSSR count). The minimum absolute atomic E-state index is 0.0260. The lowest BCUT2D eigenvalue weighted by Crippen LogP contribution is -2.44. The zero-order chi connectivity index (χ0) is 17.5. The molecule has 1 aromatic rings. The molecule has 1 aliphatic carbocycles. The average Bonchev–Trinajstić information content (AvgIpc) is 2.88. The second-order valence-electron chi connectivity index (χ2n) is 6.00. The minimum atomic E-state index is -4.65. The first-order valence-electron chi connectivity index (χ1n) is 7.59. The van der Waals surface area contributed by atoms with Crippen LogP contribution in [0.15, 0.2) is 18.2 Å². The third-order valence-electron chi connectivity index (χ3n) is 4.67. The number of halogens is 3. The van der Waals surface area contributed by atoms with Gasteiger partial charge in [0, 0.05) is 12.8 Å². The SMILES string of the molecule is COC1CC[C@H]2NC(=O)N(c3ccc(C#N)c(C(F)(F)F)c3)[C@@H]2C1. The van der Waals surface area contributed by atoms with Crippen LogP contribution < -0.4 is 10.2 Å². The van der Waals surface area contributed by atoms with E-state index in [-0.39, 0.29) is 23.9 Å². The molecule has 2 amide bonds. The number of benzene rings is 1. The van der Waals surface area contributed by atoms with Crippen LogP contribution in [0.25, 0.3) is 0 Å². The Bertz CT molecular complexity index is 699. The fourth-order valence-corrected chi connectivity index (χ4v) is 3.48. The number of amides is 2. The van der Waals surface area contributed by atoms with Gasteiger partial charge in [0.1, 0.15) is 0 Å². The summed E-state index contributed by atoms with van der Waals surface area (Å²) in [4.78, 5) is 13.6. The molecule has 8 heteroatoms. The number of hydrogen-bond acceptors (Lipinski definition) is 3. The Kier molecular flexibility index (Phi) is 4.13. The molecular formula is C16H16F3N3O2. The molecule has 1 saturated heterocycles.